The van der Waals surface area contributed by atoms with E-state index in [2.05, 4.69) is 29.8 Å². The third-order valence-electron chi connectivity index (χ3n) is 3.11. The third kappa shape index (κ3) is 5.80. The summed E-state index contributed by atoms with van der Waals surface area (Å²) < 4.78 is 5.42. The van der Waals surface area contributed by atoms with Crippen LogP contribution in [0.2, 0.25) is 0 Å². The van der Waals surface area contributed by atoms with Crippen LogP contribution < -0.4 is 16.0 Å². The number of nitrogens with one attached hydrogen (secondary N) is 3. The lowest BCUT2D eigenvalue weighted by atomic mass is 10.1. The first-order chi connectivity index (χ1) is 8.63. The van der Waals surface area contributed by atoms with Crippen LogP contribution in [-0.2, 0) is 9.53 Å². The predicted molar refractivity (Wildman–Crippen MR) is 72.6 cm³/mol. The van der Waals surface area contributed by atoms with Crippen molar-refractivity contribution in [1.82, 2.24) is 16.0 Å². The van der Waals surface area contributed by atoms with E-state index >= 15 is 0 Å². The van der Waals surface area contributed by atoms with Crippen molar-refractivity contribution in [2.75, 3.05) is 26.3 Å². The molecule has 1 amide bonds. The van der Waals surface area contributed by atoms with Crippen molar-refractivity contribution in [3.05, 3.63) is 0 Å². The van der Waals surface area contributed by atoms with Gasteiger partial charge in [-0.05, 0) is 26.7 Å². The Morgan fingerprint density at radius 2 is 2.28 bits per heavy atom. The highest BCUT2D eigenvalue weighted by Gasteiger charge is 2.19. The molecular weight excluding hydrogens is 230 g/mol. The maximum absolute atomic E-state index is 11.7. The van der Waals surface area contributed by atoms with Gasteiger partial charge in [-0.3, -0.25) is 4.79 Å². The lowest BCUT2D eigenvalue weighted by Gasteiger charge is -2.28. The second-order valence-corrected chi connectivity index (χ2v) is 5.04. The summed E-state index contributed by atoms with van der Waals surface area (Å²) >= 11 is 0. The minimum atomic E-state index is -0.143. The van der Waals surface area contributed by atoms with Crippen LogP contribution in [0, 0.1) is 0 Å². The minimum Gasteiger partial charge on any atom is -0.379 e. The molecule has 0 saturated carbocycles. The number of morpholine rings is 1. The van der Waals surface area contributed by atoms with Gasteiger partial charge in [-0.1, -0.05) is 6.92 Å². The van der Waals surface area contributed by atoms with Gasteiger partial charge in [0.2, 0.25) is 5.91 Å². The monoisotopic (exact) mass is 257 g/mol. The molecule has 0 aromatic rings. The van der Waals surface area contributed by atoms with E-state index in [-0.39, 0.29) is 11.9 Å². The minimum absolute atomic E-state index is 0.0801. The van der Waals surface area contributed by atoms with Crippen LogP contribution in [0.1, 0.15) is 33.6 Å². The van der Waals surface area contributed by atoms with E-state index in [1.54, 1.807) is 0 Å². The molecule has 0 aliphatic carbocycles. The summed E-state index contributed by atoms with van der Waals surface area (Å²) in [5.41, 5.74) is 0. The van der Waals surface area contributed by atoms with Crippen molar-refractivity contribution in [3.63, 3.8) is 0 Å². The average molecular weight is 257 g/mol. The first-order valence-electron chi connectivity index (χ1n) is 6.98. The second-order valence-electron chi connectivity index (χ2n) is 5.04. The summed E-state index contributed by atoms with van der Waals surface area (Å²) in [4.78, 5) is 11.7. The molecule has 1 aliphatic rings. The van der Waals surface area contributed by atoms with Gasteiger partial charge < -0.3 is 20.7 Å². The number of hydrogen-bond donors (Lipinski definition) is 3. The first-order valence-corrected chi connectivity index (χ1v) is 6.98. The van der Waals surface area contributed by atoms with E-state index in [1.807, 2.05) is 6.92 Å². The maximum Gasteiger partial charge on any atom is 0.236 e. The van der Waals surface area contributed by atoms with Gasteiger partial charge in [0.05, 0.1) is 19.3 Å². The van der Waals surface area contributed by atoms with Crippen LogP contribution in [0.4, 0.5) is 0 Å². The fraction of sp³-hybridized carbons (Fsp3) is 0.923. The van der Waals surface area contributed by atoms with Crippen molar-refractivity contribution in [3.8, 4) is 0 Å². The quantitative estimate of drug-likeness (QED) is 0.612. The normalized spacial score (nSPS) is 23.4. The predicted octanol–water partition coefficient (Wildman–Crippen LogP) is 0.258. The second kappa shape index (κ2) is 8.45. The van der Waals surface area contributed by atoms with E-state index in [0.29, 0.717) is 12.1 Å². The Hall–Kier alpha value is -0.650. The van der Waals surface area contributed by atoms with Crippen LogP contribution in [0.15, 0.2) is 0 Å². The number of rotatable bonds is 7. The maximum atomic E-state index is 11.7. The third-order valence-corrected chi connectivity index (χ3v) is 3.11. The molecule has 3 unspecified atom stereocenters. The summed E-state index contributed by atoms with van der Waals surface area (Å²) in [6, 6.07) is 0.551. The lowest BCUT2D eigenvalue weighted by Crippen LogP contribution is -2.49. The highest BCUT2D eigenvalue weighted by Crippen LogP contribution is 2.03. The van der Waals surface area contributed by atoms with Gasteiger partial charge in [-0.2, -0.15) is 0 Å². The zero-order valence-electron chi connectivity index (χ0n) is 11.8. The first kappa shape index (κ1) is 15.4. The van der Waals surface area contributed by atoms with Crippen molar-refractivity contribution < 1.29 is 9.53 Å². The Morgan fingerprint density at radius 3 is 2.89 bits per heavy atom. The van der Waals surface area contributed by atoms with Gasteiger partial charge in [0.15, 0.2) is 0 Å². The summed E-state index contributed by atoms with van der Waals surface area (Å²) in [6.07, 6.45) is 1.95. The number of carbonyl (C=O) groups is 1. The van der Waals surface area contributed by atoms with Crippen LogP contribution in [-0.4, -0.2) is 50.3 Å². The fourth-order valence-electron chi connectivity index (χ4n) is 2.17. The van der Waals surface area contributed by atoms with Crippen LogP contribution in [0.3, 0.4) is 0 Å². The Bertz CT molecular complexity index is 242. The molecule has 106 valence electrons. The Kier molecular flexibility index (Phi) is 7.23. The summed E-state index contributed by atoms with van der Waals surface area (Å²) in [5.74, 6) is 0.0801. The summed E-state index contributed by atoms with van der Waals surface area (Å²) in [6.45, 7) is 9.31. The lowest BCUT2D eigenvalue weighted by molar-refractivity contribution is -0.122. The molecule has 1 aliphatic heterocycles. The molecule has 5 heteroatoms. The van der Waals surface area contributed by atoms with Gasteiger partial charge in [-0.25, -0.2) is 0 Å². The van der Waals surface area contributed by atoms with Crippen LogP contribution in [0.25, 0.3) is 0 Å². The van der Waals surface area contributed by atoms with E-state index in [4.69, 9.17) is 4.74 Å². The fourth-order valence-corrected chi connectivity index (χ4v) is 2.17. The van der Waals surface area contributed by atoms with E-state index in [9.17, 15) is 4.79 Å². The van der Waals surface area contributed by atoms with Crippen molar-refractivity contribution >= 4 is 5.91 Å². The van der Waals surface area contributed by atoms with Crippen LogP contribution in [0.5, 0.6) is 0 Å². The molecule has 0 spiro atoms. The van der Waals surface area contributed by atoms with E-state index in [0.717, 1.165) is 39.1 Å². The molecule has 3 atom stereocenters. The molecular formula is C13H27N3O2. The number of carbonyl (C=O) groups excluding carboxylic acids is 1. The van der Waals surface area contributed by atoms with Gasteiger partial charge in [0, 0.05) is 25.2 Å². The molecule has 1 rings (SSSR count). The molecule has 3 N–H and O–H groups in total. The Morgan fingerprint density at radius 1 is 1.50 bits per heavy atom. The Balaban J connectivity index is 2.21. The van der Waals surface area contributed by atoms with Gasteiger partial charge in [0.1, 0.15) is 0 Å². The topological polar surface area (TPSA) is 62.4 Å². The SMILES string of the molecule is CCCNC(=O)C(C)NC(C)CC1COCCN1. The molecule has 0 radical (unpaired) electrons. The molecule has 0 bridgehead atoms. The molecule has 5 nitrogen and oxygen atoms in total. The molecule has 1 saturated heterocycles. The number of ether oxygens (including phenoxy) is 1. The molecule has 18 heavy (non-hydrogen) atoms. The van der Waals surface area contributed by atoms with Crippen molar-refractivity contribution in [1.29, 1.82) is 0 Å². The summed E-state index contributed by atoms with van der Waals surface area (Å²) in [7, 11) is 0. The average Bonchev–Trinajstić information content (AvgIpc) is 2.36. The molecule has 1 heterocycles. The van der Waals surface area contributed by atoms with E-state index < -0.39 is 0 Å². The number of hydrogen-bond acceptors (Lipinski definition) is 4. The standard InChI is InChI=1S/C13H27N3O2/c1-4-5-15-13(17)11(3)16-10(2)8-12-9-18-7-6-14-12/h10-12,14,16H,4-9H2,1-3H3,(H,15,17). The zero-order valence-corrected chi connectivity index (χ0v) is 11.8. The highest BCUT2D eigenvalue weighted by molar-refractivity contribution is 5.81. The van der Waals surface area contributed by atoms with Crippen molar-refractivity contribution in [2.45, 2.75) is 51.7 Å². The van der Waals surface area contributed by atoms with Crippen molar-refractivity contribution in [2.24, 2.45) is 0 Å². The summed E-state index contributed by atoms with van der Waals surface area (Å²) in [5, 5.41) is 9.65. The zero-order chi connectivity index (χ0) is 13.4. The molecule has 1 fully saturated rings. The van der Waals surface area contributed by atoms with Gasteiger partial charge >= 0.3 is 0 Å². The molecule has 0 aromatic heterocycles. The smallest absolute Gasteiger partial charge is 0.236 e. The van der Waals surface area contributed by atoms with Crippen LogP contribution >= 0.6 is 0 Å². The highest BCUT2D eigenvalue weighted by atomic mass is 16.5. The van der Waals surface area contributed by atoms with Gasteiger partial charge in [-0.15, -0.1) is 0 Å². The Labute approximate surface area is 110 Å². The largest absolute Gasteiger partial charge is 0.379 e. The molecule has 0 aromatic carbocycles. The van der Waals surface area contributed by atoms with E-state index in [1.165, 1.54) is 0 Å². The number of amides is 1. The van der Waals surface area contributed by atoms with Gasteiger partial charge in [0.25, 0.3) is 0 Å².